The summed E-state index contributed by atoms with van der Waals surface area (Å²) in [7, 11) is 0. The number of furan rings is 2. The highest BCUT2D eigenvalue weighted by Gasteiger charge is 2.21. The molecule has 0 fully saturated rings. The van der Waals surface area contributed by atoms with Crippen molar-refractivity contribution in [2.45, 2.75) is 0 Å². The molecule has 0 aliphatic heterocycles. The van der Waals surface area contributed by atoms with Crippen molar-refractivity contribution in [3.05, 3.63) is 249 Å². The van der Waals surface area contributed by atoms with Crippen LogP contribution in [0.1, 0.15) is 0 Å². The minimum atomic E-state index is 0.895. The third-order valence-electron chi connectivity index (χ3n) is 14.1. The summed E-state index contributed by atoms with van der Waals surface area (Å²) < 4.78 is 13.1. The lowest BCUT2D eigenvalue weighted by Gasteiger charge is -2.28. The fraction of sp³-hybridized carbons (Fsp3) is 0. The van der Waals surface area contributed by atoms with Gasteiger partial charge in [0.15, 0.2) is 0 Å². The zero-order valence-electron chi connectivity index (χ0n) is 37.4. The van der Waals surface area contributed by atoms with Gasteiger partial charge in [-0.25, -0.2) is 0 Å². The van der Waals surface area contributed by atoms with Crippen molar-refractivity contribution in [3.63, 3.8) is 0 Å². The van der Waals surface area contributed by atoms with Crippen LogP contribution < -0.4 is 4.90 Å². The number of anilines is 3. The molecule has 0 unspecified atom stereocenters. The summed E-state index contributed by atoms with van der Waals surface area (Å²) in [6.45, 7) is 0. The Morgan fingerprint density at radius 1 is 0.261 bits per heavy atom. The topological polar surface area (TPSA) is 29.5 Å². The molecule has 0 aliphatic rings. The molecule has 0 atom stereocenters. The third-order valence-corrected chi connectivity index (χ3v) is 14.1. The molecule has 0 spiro atoms. The Bertz CT molecular complexity index is 4310. The maximum Gasteiger partial charge on any atom is 0.143 e. The number of rotatable bonds is 7. The van der Waals surface area contributed by atoms with Gasteiger partial charge in [-0.15, -0.1) is 0 Å². The van der Waals surface area contributed by atoms with E-state index in [2.05, 4.69) is 235 Å². The van der Waals surface area contributed by atoms with E-state index in [9.17, 15) is 0 Å². The zero-order chi connectivity index (χ0) is 45.4. The number of nitrogens with zero attached hydrogens (tertiary/aromatic N) is 1. The van der Waals surface area contributed by atoms with Crippen LogP contribution in [-0.4, -0.2) is 0 Å². The summed E-state index contributed by atoms with van der Waals surface area (Å²) in [5, 5.41) is 11.7. The van der Waals surface area contributed by atoms with Gasteiger partial charge in [0.25, 0.3) is 0 Å². The van der Waals surface area contributed by atoms with Gasteiger partial charge in [0.1, 0.15) is 22.3 Å². The van der Waals surface area contributed by atoms with Gasteiger partial charge < -0.3 is 13.7 Å². The quantitative estimate of drug-likeness (QED) is 0.149. The van der Waals surface area contributed by atoms with Gasteiger partial charge in [-0.3, -0.25) is 0 Å². The predicted octanol–water partition coefficient (Wildman–Crippen LogP) is 19.1. The highest BCUT2D eigenvalue weighted by atomic mass is 16.3. The van der Waals surface area contributed by atoms with Crippen molar-refractivity contribution in [2.75, 3.05) is 4.90 Å². The highest BCUT2D eigenvalue weighted by molar-refractivity contribution is 6.16. The van der Waals surface area contributed by atoms with Crippen LogP contribution in [0.4, 0.5) is 17.1 Å². The zero-order valence-corrected chi connectivity index (χ0v) is 37.4. The van der Waals surface area contributed by atoms with Crippen molar-refractivity contribution in [3.8, 4) is 44.5 Å². The van der Waals surface area contributed by atoms with E-state index in [1.807, 2.05) is 18.2 Å². The van der Waals surface area contributed by atoms with Crippen LogP contribution in [0.3, 0.4) is 0 Å². The molecular weight excluding hydrogens is 839 g/mol. The molecule has 0 aliphatic carbocycles. The Morgan fingerprint density at radius 2 is 0.768 bits per heavy atom. The second-order valence-electron chi connectivity index (χ2n) is 17.9. The molecule has 322 valence electrons. The van der Waals surface area contributed by atoms with Crippen molar-refractivity contribution < 1.29 is 8.83 Å². The smallest absolute Gasteiger partial charge is 0.143 e. The second-order valence-corrected chi connectivity index (χ2v) is 17.9. The molecular formula is C66H41NO2. The number of hydrogen-bond acceptors (Lipinski definition) is 3. The number of benzene rings is 12. The lowest BCUT2D eigenvalue weighted by molar-refractivity contribution is 0.669. The normalized spacial score (nSPS) is 11.8. The predicted molar refractivity (Wildman–Crippen MR) is 290 cm³/mol. The van der Waals surface area contributed by atoms with E-state index in [-0.39, 0.29) is 0 Å². The van der Waals surface area contributed by atoms with Crippen LogP contribution in [0.5, 0.6) is 0 Å². The molecule has 0 N–H and O–H groups in total. The number of hydrogen-bond donors (Lipinski definition) is 0. The molecule has 0 saturated heterocycles. The number of para-hydroxylation sites is 4. The van der Waals surface area contributed by atoms with Crippen LogP contribution in [0.15, 0.2) is 258 Å². The Morgan fingerprint density at radius 3 is 1.46 bits per heavy atom. The van der Waals surface area contributed by atoms with Crippen LogP contribution in [0.2, 0.25) is 0 Å². The first kappa shape index (κ1) is 39.0. The summed E-state index contributed by atoms with van der Waals surface area (Å²) in [5.41, 5.74) is 15.9. The van der Waals surface area contributed by atoms with E-state index >= 15 is 0 Å². The van der Waals surface area contributed by atoms with Crippen molar-refractivity contribution in [1.82, 2.24) is 0 Å². The molecule has 3 nitrogen and oxygen atoms in total. The van der Waals surface area contributed by atoms with Gasteiger partial charge in [-0.05, 0) is 109 Å². The average molecular weight is 880 g/mol. The average Bonchev–Trinajstić information content (AvgIpc) is 4.00. The van der Waals surface area contributed by atoms with E-state index in [1.165, 1.54) is 37.9 Å². The van der Waals surface area contributed by atoms with E-state index in [0.717, 1.165) is 99.9 Å². The molecule has 14 rings (SSSR count). The monoisotopic (exact) mass is 879 g/mol. The van der Waals surface area contributed by atoms with Gasteiger partial charge in [-0.1, -0.05) is 200 Å². The highest BCUT2D eigenvalue weighted by Crippen LogP contribution is 2.46. The molecule has 0 amide bonds. The molecule has 2 heterocycles. The lowest BCUT2D eigenvalue weighted by atomic mass is 9.89. The summed E-state index contributed by atoms with van der Waals surface area (Å²) in [6.07, 6.45) is 0. The molecule has 0 saturated carbocycles. The molecule has 12 aromatic carbocycles. The Hall–Kier alpha value is -9.18. The largest absolute Gasteiger partial charge is 0.455 e. The van der Waals surface area contributed by atoms with E-state index in [1.54, 1.807) is 0 Å². The maximum atomic E-state index is 6.63. The fourth-order valence-corrected chi connectivity index (χ4v) is 10.8. The molecule has 0 bridgehead atoms. The first-order valence-electron chi connectivity index (χ1n) is 23.6. The van der Waals surface area contributed by atoms with Gasteiger partial charge in [-0.2, -0.15) is 0 Å². The van der Waals surface area contributed by atoms with E-state index < -0.39 is 0 Å². The minimum absolute atomic E-state index is 0.895. The summed E-state index contributed by atoms with van der Waals surface area (Å²) >= 11 is 0. The second kappa shape index (κ2) is 15.7. The van der Waals surface area contributed by atoms with Gasteiger partial charge in [0.2, 0.25) is 0 Å². The van der Waals surface area contributed by atoms with Gasteiger partial charge in [0, 0.05) is 49.4 Å². The fourth-order valence-electron chi connectivity index (χ4n) is 10.8. The molecule has 3 heteroatoms. The van der Waals surface area contributed by atoms with Gasteiger partial charge >= 0.3 is 0 Å². The standard InChI is InChI=1S/C66H41NO2/c1-4-19-51-43(14-1)34-39-57(60-27-13-26-59-56-23-8-10-29-63(56)69-66(59)60)64(51)44-32-37-49(38-33-44)67(61-41-47-15-2-3-18-50(47)53-20-5-6-21-54(53)61)48-35-30-42(31-36-48)45-16-11-17-46(40-45)52-24-12-25-58-55-22-7-9-28-62(55)68-65(52)58/h1-41H. The summed E-state index contributed by atoms with van der Waals surface area (Å²) in [6, 6.07) is 89.5. The van der Waals surface area contributed by atoms with Crippen LogP contribution in [0, 0.1) is 0 Å². The third kappa shape index (κ3) is 6.36. The Kier molecular flexibility index (Phi) is 8.90. The molecule has 69 heavy (non-hydrogen) atoms. The summed E-state index contributed by atoms with van der Waals surface area (Å²) in [5.74, 6) is 0. The van der Waals surface area contributed by atoms with Crippen molar-refractivity contribution in [2.24, 2.45) is 0 Å². The van der Waals surface area contributed by atoms with Gasteiger partial charge in [0.05, 0.1) is 5.69 Å². The van der Waals surface area contributed by atoms with Crippen LogP contribution in [0.25, 0.3) is 121 Å². The molecule has 14 aromatic rings. The van der Waals surface area contributed by atoms with Crippen molar-refractivity contribution in [1.29, 1.82) is 0 Å². The van der Waals surface area contributed by atoms with Crippen LogP contribution in [-0.2, 0) is 0 Å². The van der Waals surface area contributed by atoms with E-state index in [4.69, 9.17) is 8.83 Å². The van der Waals surface area contributed by atoms with E-state index in [0.29, 0.717) is 0 Å². The maximum absolute atomic E-state index is 6.63. The van der Waals surface area contributed by atoms with Crippen molar-refractivity contribution >= 4 is 93.3 Å². The molecule has 2 aromatic heterocycles. The number of fused-ring (bicyclic) bond motifs is 10. The Labute approximate surface area is 398 Å². The SMILES string of the molecule is c1cc(-c2ccc(N(c3ccc(-c4c(-c5cccc6c5oc5ccccc56)ccc5ccccc45)cc3)c3cc4ccccc4c4ccccc34)cc2)cc(-c2cccc3c2oc2ccccc23)c1. The summed E-state index contributed by atoms with van der Waals surface area (Å²) in [4.78, 5) is 2.42. The molecule has 0 radical (unpaired) electrons. The minimum Gasteiger partial charge on any atom is -0.455 e. The van der Waals surface area contributed by atoms with Crippen LogP contribution >= 0.6 is 0 Å². The first-order valence-corrected chi connectivity index (χ1v) is 23.6. The first-order chi connectivity index (χ1) is 34.2. The Balaban J connectivity index is 0.907. The lowest BCUT2D eigenvalue weighted by Crippen LogP contribution is -2.10.